The minimum Gasteiger partial charge on any atom is -0.429 e. The molecule has 210 valence electrons. The van der Waals surface area contributed by atoms with Gasteiger partial charge in [0.1, 0.15) is 0 Å². The predicted octanol–water partition coefficient (Wildman–Crippen LogP) is 10.8. The Balaban J connectivity index is 1.27. The van der Waals surface area contributed by atoms with Crippen LogP contribution in [0.15, 0.2) is 12.1 Å². The van der Waals surface area contributed by atoms with Crippen molar-refractivity contribution in [3.05, 3.63) is 29.3 Å². The summed E-state index contributed by atoms with van der Waals surface area (Å²) in [7, 11) is 0. The van der Waals surface area contributed by atoms with Gasteiger partial charge in [-0.2, -0.15) is 13.2 Å². The van der Waals surface area contributed by atoms with Crippen molar-refractivity contribution >= 4 is 0 Å². The van der Waals surface area contributed by atoms with E-state index in [1.54, 1.807) is 0 Å². The van der Waals surface area contributed by atoms with Crippen LogP contribution in [-0.2, 0) is 0 Å². The minimum absolute atomic E-state index is 0.0462. The van der Waals surface area contributed by atoms with Crippen LogP contribution in [0.25, 0.3) is 0 Å². The van der Waals surface area contributed by atoms with Gasteiger partial charge in [0.2, 0.25) is 5.82 Å². The number of alkyl halides is 2. The Morgan fingerprint density at radius 2 is 1.24 bits per heavy atom. The van der Waals surface area contributed by atoms with Crippen molar-refractivity contribution in [3.8, 4) is 5.75 Å². The van der Waals surface area contributed by atoms with Crippen molar-refractivity contribution in [1.82, 2.24) is 0 Å². The Hall–Kier alpha value is -1.26. The lowest BCUT2D eigenvalue weighted by Crippen LogP contribution is -2.27. The van der Waals surface area contributed by atoms with E-state index in [1.807, 2.05) is 0 Å². The monoisotopic (exact) mass is 524 g/mol. The molecule has 3 fully saturated rings. The minimum atomic E-state index is -3.50. The van der Waals surface area contributed by atoms with Crippen molar-refractivity contribution in [2.45, 2.75) is 135 Å². The Labute approximate surface area is 222 Å². The molecule has 0 atom stereocenters. The zero-order valence-electron chi connectivity index (χ0n) is 23.1. The molecule has 3 aliphatic carbocycles. The van der Waals surface area contributed by atoms with Crippen LogP contribution in [0.2, 0.25) is 0 Å². The predicted molar refractivity (Wildman–Crippen MR) is 142 cm³/mol. The number of hydrogen-bond acceptors (Lipinski definition) is 1. The molecule has 3 aliphatic rings. The van der Waals surface area contributed by atoms with Gasteiger partial charge in [-0.25, -0.2) is 4.39 Å². The van der Waals surface area contributed by atoms with Crippen molar-refractivity contribution < 1.29 is 22.3 Å². The first kappa shape index (κ1) is 28.7. The van der Waals surface area contributed by atoms with Crippen molar-refractivity contribution in [2.75, 3.05) is 0 Å². The quantitative estimate of drug-likeness (QED) is 0.277. The smallest absolute Gasteiger partial charge is 0.397 e. The van der Waals surface area contributed by atoms with E-state index in [1.165, 1.54) is 57.1 Å². The third-order valence-corrected chi connectivity index (χ3v) is 10.2. The van der Waals surface area contributed by atoms with Crippen LogP contribution in [0.5, 0.6) is 5.75 Å². The third-order valence-electron chi connectivity index (χ3n) is 10.2. The lowest BCUT2D eigenvalue weighted by Gasteiger charge is -2.38. The number of hydrogen-bond donors (Lipinski definition) is 0. The molecular weight excluding hydrogens is 476 g/mol. The lowest BCUT2D eigenvalue weighted by atomic mass is 9.68. The highest BCUT2D eigenvalue weighted by Gasteiger charge is 2.36. The van der Waals surface area contributed by atoms with E-state index in [9.17, 15) is 13.2 Å². The van der Waals surface area contributed by atoms with Crippen molar-refractivity contribution in [2.24, 2.45) is 29.6 Å². The Kier molecular flexibility index (Phi) is 10.3. The molecule has 0 bridgehead atoms. The van der Waals surface area contributed by atoms with E-state index in [4.69, 9.17) is 4.74 Å². The van der Waals surface area contributed by atoms with Gasteiger partial charge in [0, 0.05) is 0 Å². The van der Waals surface area contributed by atoms with Gasteiger partial charge in [-0.1, -0.05) is 77.7 Å². The highest BCUT2D eigenvalue weighted by atomic mass is 19.3. The molecule has 0 radical (unpaired) electrons. The average Bonchev–Trinajstić information content (AvgIpc) is 2.91. The molecule has 1 aromatic carbocycles. The molecule has 0 aromatic heterocycles. The van der Waals surface area contributed by atoms with E-state index in [2.05, 4.69) is 13.8 Å². The normalized spacial score (nSPS) is 31.3. The molecule has 1 nitrogen and oxygen atoms in total. The van der Waals surface area contributed by atoms with Crippen molar-refractivity contribution in [3.63, 3.8) is 0 Å². The first-order valence-electron chi connectivity index (χ1n) is 15.3. The molecule has 1 aromatic rings. The van der Waals surface area contributed by atoms with E-state index in [0.29, 0.717) is 17.9 Å². The highest BCUT2D eigenvalue weighted by molar-refractivity contribution is 5.33. The average molecular weight is 525 g/mol. The molecule has 0 N–H and O–H groups in total. The van der Waals surface area contributed by atoms with Crippen LogP contribution >= 0.6 is 0 Å². The van der Waals surface area contributed by atoms with E-state index < -0.39 is 29.9 Å². The number of benzene rings is 1. The molecule has 0 saturated heterocycles. The van der Waals surface area contributed by atoms with Gasteiger partial charge in [-0.15, -0.1) is 0 Å². The number of halogens is 4. The number of ether oxygens (including phenoxy) is 1. The van der Waals surface area contributed by atoms with Gasteiger partial charge in [0.25, 0.3) is 0 Å². The Bertz CT molecular complexity index is 831. The Morgan fingerprint density at radius 3 is 1.81 bits per heavy atom. The molecule has 0 aliphatic heterocycles. The van der Waals surface area contributed by atoms with E-state index in [-0.39, 0.29) is 11.8 Å². The molecule has 0 amide bonds. The molecule has 0 heterocycles. The summed E-state index contributed by atoms with van der Waals surface area (Å²) in [6.45, 7) is 4.46. The van der Waals surface area contributed by atoms with Crippen molar-refractivity contribution in [1.29, 1.82) is 0 Å². The summed E-state index contributed by atoms with van der Waals surface area (Å²) < 4.78 is 63.8. The first-order valence-corrected chi connectivity index (χ1v) is 15.3. The van der Waals surface area contributed by atoms with Crippen LogP contribution in [0.3, 0.4) is 0 Å². The van der Waals surface area contributed by atoms with E-state index >= 15 is 4.39 Å². The molecule has 3 saturated carbocycles. The second-order valence-electron chi connectivity index (χ2n) is 12.5. The fraction of sp³-hybridized carbons (Fsp3) is 0.812. The number of rotatable bonds is 10. The topological polar surface area (TPSA) is 9.23 Å². The zero-order valence-corrected chi connectivity index (χ0v) is 23.1. The summed E-state index contributed by atoms with van der Waals surface area (Å²) in [5, 5.41) is 0. The van der Waals surface area contributed by atoms with Gasteiger partial charge in [-0.3, -0.25) is 0 Å². The van der Waals surface area contributed by atoms with Crippen LogP contribution in [-0.4, -0.2) is 6.11 Å². The second kappa shape index (κ2) is 13.2. The second-order valence-corrected chi connectivity index (χ2v) is 12.5. The summed E-state index contributed by atoms with van der Waals surface area (Å²) in [6, 6.07) is 2.70. The van der Waals surface area contributed by atoms with Crippen LogP contribution in [0.1, 0.15) is 134 Å². The van der Waals surface area contributed by atoms with E-state index in [0.717, 1.165) is 69.1 Å². The maximum absolute atomic E-state index is 15.0. The van der Waals surface area contributed by atoms with Gasteiger partial charge in [0.05, 0.1) is 6.42 Å². The standard InChI is InChI=1S/C32H48F4O/c1-3-5-23-6-8-24(9-7-23)20-21-32(35,36)37-29-19-18-28(30(33)31(29)34)27-16-14-26(15-17-27)25-12-10-22(4-2)11-13-25/h18-19,22-27H,3-17,20-21H2,1-2H3. The van der Waals surface area contributed by atoms with Gasteiger partial charge in [-0.05, 0) is 92.1 Å². The lowest BCUT2D eigenvalue weighted by molar-refractivity contribution is -0.185. The van der Waals surface area contributed by atoms with Crippen LogP contribution in [0.4, 0.5) is 17.6 Å². The SMILES string of the molecule is CCCC1CCC(CCC(F)(F)Oc2ccc(C3CCC(C4CCC(CC)CC4)CC3)c(F)c2F)CC1. The maximum atomic E-state index is 15.0. The highest BCUT2D eigenvalue weighted by Crippen LogP contribution is 2.45. The Morgan fingerprint density at radius 1 is 0.703 bits per heavy atom. The summed E-state index contributed by atoms with van der Waals surface area (Å²) in [6.07, 6.45) is 13.3. The molecular formula is C32H48F4O. The summed E-state index contributed by atoms with van der Waals surface area (Å²) in [5.74, 6) is 0.344. The largest absolute Gasteiger partial charge is 0.429 e. The summed E-state index contributed by atoms with van der Waals surface area (Å²) in [4.78, 5) is 0. The van der Waals surface area contributed by atoms with Gasteiger partial charge < -0.3 is 4.74 Å². The summed E-state index contributed by atoms with van der Waals surface area (Å²) in [5.41, 5.74) is 0.324. The molecule has 4 rings (SSSR count). The van der Waals surface area contributed by atoms with Gasteiger partial charge >= 0.3 is 6.11 Å². The maximum Gasteiger partial charge on any atom is 0.397 e. The molecule has 37 heavy (non-hydrogen) atoms. The molecule has 0 spiro atoms. The molecule has 0 unspecified atom stereocenters. The third kappa shape index (κ3) is 7.66. The summed E-state index contributed by atoms with van der Waals surface area (Å²) >= 11 is 0. The fourth-order valence-electron chi connectivity index (χ4n) is 7.71. The van der Waals surface area contributed by atoms with Crippen LogP contribution in [0, 0.1) is 41.2 Å². The molecule has 5 heteroatoms. The van der Waals surface area contributed by atoms with Crippen LogP contribution < -0.4 is 4.74 Å². The fourth-order valence-corrected chi connectivity index (χ4v) is 7.71. The zero-order chi connectivity index (χ0) is 26.4. The first-order chi connectivity index (χ1) is 17.8. The van der Waals surface area contributed by atoms with Gasteiger partial charge in [0.15, 0.2) is 11.6 Å².